The van der Waals surface area contributed by atoms with Gasteiger partial charge in [0, 0.05) is 19.3 Å². The van der Waals surface area contributed by atoms with Crippen LogP contribution in [0.3, 0.4) is 0 Å². The molecular formula is C14H17FO3. The van der Waals surface area contributed by atoms with E-state index in [1.807, 2.05) is 0 Å². The summed E-state index contributed by atoms with van der Waals surface area (Å²) in [6, 6.07) is 4.02. The van der Waals surface area contributed by atoms with Gasteiger partial charge in [-0.1, -0.05) is 0 Å². The van der Waals surface area contributed by atoms with Crippen LogP contribution in [-0.2, 0) is 4.74 Å². The summed E-state index contributed by atoms with van der Waals surface area (Å²) in [5.41, 5.74) is 0.434. The van der Waals surface area contributed by atoms with Crippen LogP contribution in [0.2, 0.25) is 0 Å². The minimum atomic E-state index is -0.387. The lowest BCUT2D eigenvalue weighted by Crippen LogP contribution is -2.21. The average Bonchev–Trinajstić information content (AvgIpc) is 2.37. The zero-order valence-corrected chi connectivity index (χ0v) is 10.4. The zero-order valence-electron chi connectivity index (χ0n) is 10.4. The molecule has 0 radical (unpaired) electrons. The summed E-state index contributed by atoms with van der Waals surface area (Å²) in [7, 11) is 0. The summed E-state index contributed by atoms with van der Waals surface area (Å²) >= 11 is 0. The quantitative estimate of drug-likeness (QED) is 0.773. The van der Waals surface area contributed by atoms with E-state index in [0.29, 0.717) is 23.8 Å². The number of ketones is 1. The van der Waals surface area contributed by atoms with Gasteiger partial charge in [-0.2, -0.15) is 0 Å². The first-order valence-corrected chi connectivity index (χ1v) is 6.18. The van der Waals surface area contributed by atoms with Crippen molar-refractivity contribution in [3.05, 3.63) is 29.6 Å². The van der Waals surface area contributed by atoms with Crippen LogP contribution in [0.1, 0.15) is 30.1 Å². The van der Waals surface area contributed by atoms with Gasteiger partial charge in [0.25, 0.3) is 0 Å². The van der Waals surface area contributed by atoms with Gasteiger partial charge in [-0.05, 0) is 37.8 Å². The van der Waals surface area contributed by atoms with E-state index < -0.39 is 0 Å². The molecule has 0 spiro atoms. The molecule has 2 rings (SSSR count). The normalized spacial score (nSPS) is 16.6. The zero-order chi connectivity index (χ0) is 13.0. The summed E-state index contributed by atoms with van der Waals surface area (Å²) in [5.74, 6) is 0.259. The molecule has 98 valence electrons. The molecule has 1 aromatic carbocycles. The van der Waals surface area contributed by atoms with Crippen LogP contribution in [0, 0.1) is 11.7 Å². The van der Waals surface area contributed by atoms with E-state index in [4.69, 9.17) is 9.47 Å². The van der Waals surface area contributed by atoms with E-state index in [0.717, 1.165) is 26.1 Å². The Hall–Kier alpha value is -1.42. The number of carbonyl (C=O) groups excluding carboxylic acids is 1. The number of hydrogen-bond donors (Lipinski definition) is 0. The molecule has 0 atom stereocenters. The van der Waals surface area contributed by atoms with E-state index in [2.05, 4.69) is 0 Å². The molecule has 0 amide bonds. The smallest absolute Gasteiger partial charge is 0.163 e. The molecule has 1 aliphatic rings. The van der Waals surface area contributed by atoms with Crippen LogP contribution in [0.15, 0.2) is 18.2 Å². The molecule has 0 unspecified atom stereocenters. The van der Waals surface area contributed by atoms with E-state index in [-0.39, 0.29) is 11.6 Å². The Morgan fingerprint density at radius 3 is 2.83 bits per heavy atom. The van der Waals surface area contributed by atoms with Crippen LogP contribution in [-0.4, -0.2) is 25.6 Å². The first kappa shape index (κ1) is 13.0. The summed E-state index contributed by atoms with van der Waals surface area (Å²) in [6.07, 6.45) is 1.90. The second kappa shape index (κ2) is 5.96. The average molecular weight is 252 g/mol. The van der Waals surface area contributed by atoms with Gasteiger partial charge in [-0.25, -0.2) is 4.39 Å². The van der Waals surface area contributed by atoms with Gasteiger partial charge in [-0.3, -0.25) is 4.79 Å². The second-order valence-electron chi connectivity index (χ2n) is 4.56. The number of rotatable bonds is 4. The third-order valence-corrected chi connectivity index (χ3v) is 3.14. The van der Waals surface area contributed by atoms with Gasteiger partial charge in [0.05, 0.1) is 12.2 Å². The lowest BCUT2D eigenvalue weighted by atomic mass is 10.0. The summed E-state index contributed by atoms with van der Waals surface area (Å²) in [5, 5.41) is 0. The summed E-state index contributed by atoms with van der Waals surface area (Å²) in [6.45, 7) is 3.45. The first-order valence-electron chi connectivity index (χ1n) is 6.18. The second-order valence-corrected chi connectivity index (χ2v) is 4.56. The topological polar surface area (TPSA) is 35.5 Å². The molecule has 1 saturated heterocycles. The van der Waals surface area contributed by atoms with Crippen molar-refractivity contribution in [3.63, 3.8) is 0 Å². The van der Waals surface area contributed by atoms with E-state index in [9.17, 15) is 9.18 Å². The fraction of sp³-hybridized carbons (Fsp3) is 0.500. The fourth-order valence-electron chi connectivity index (χ4n) is 2.03. The lowest BCUT2D eigenvalue weighted by Gasteiger charge is -2.22. The van der Waals surface area contributed by atoms with Crippen molar-refractivity contribution in [2.75, 3.05) is 19.8 Å². The summed E-state index contributed by atoms with van der Waals surface area (Å²) < 4.78 is 24.0. The lowest BCUT2D eigenvalue weighted by molar-refractivity contribution is 0.0495. The molecule has 0 bridgehead atoms. The first-order chi connectivity index (χ1) is 8.66. The van der Waals surface area contributed by atoms with Gasteiger partial charge < -0.3 is 9.47 Å². The summed E-state index contributed by atoms with van der Waals surface area (Å²) in [4.78, 5) is 11.4. The maximum atomic E-state index is 13.2. The molecule has 0 saturated carbocycles. The van der Waals surface area contributed by atoms with Crippen LogP contribution in [0.25, 0.3) is 0 Å². The molecule has 1 fully saturated rings. The minimum Gasteiger partial charge on any atom is -0.492 e. The van der Waals surface area contributed by atoms with E-state index in [1.165, 1.54) is 25.1 Å². The number of hydrogen-bond acceptors (Lipinski definition) is 3. The Morgan fingerprint density at radius 2 is 2.17 bits per heavy atom. The van der Waals surface area contributed by atoms with Crippen molar-refractivity contribution in [2.45, 2.75) is 19.8 Å². The van der Waals surface area contributed by atoms with Crippen molar-refractivity contribution >= 4 is 5.78 Å². The van der Waals surface area contributed by atoms with Crippen LogP contribution >= 0.6 is 0 Å². The van der Waals surface area contributed by atoms with Crippen LogP contribution in [0.5, 0.6) is 5.75 Å². The number of halogens is 1. The van der Waals surface area contributed by atoms with Crippen molar-refractivity contribution in [2.24, 2.45) is 5.92 Å². The predicted octanol–water partition coefficient (Wildman–Crippen LogP) is 2.83. The molecule has 1 aliphatic heterocycles. The third kappa shape index (κ3) is 3.29. The van der Waals surface area contributed by atoms with E-state index in [1.54, 1.807) is 0 Å². The SMILES string of the molecule is CC(=O)c1ccc(F)cc1OCC1CCOCC1. The molecule has 1 aromatic rings. The Bertz CT molecular complexity index is 425. The highest BCUT2D eigenvalue weighted by Gasteiger charge is 2.16. The van der Waals surface area contributed by atoms with Crippen molar-refractivity contribution in [1.82, 2.24) is 0 Å². The number of benzene rings is 1. The van der Waals surface area contributed by atoms with Gasteiger partial charge in [0.2, 0.25) is 0 Å². The number of carbonyl (C=O) groups is 1. The Kier molecular flexibility index (Phi) is 4.31. The van der Waals surface area contributed by atoms with Gasteiger partial charge in [0.15, 0.2) is 5.78 Å². The molecule has 0 N–H and O–H groups in total. The third-order valence-electron chi connectivity index (χ3n) is 3.14. The molecule has 4 heteroatoms. The van der Waals surface area contributed by atoms with Crippen molar-refractivity contribution in [3.8, 4) is 5.75 Å². The Morgan fingerprint density at radius 1 is 1.44 bits per heavy atom. The maximum absolute atomic E-state index is 13.2. The monoisotopic (exact) mass is 252 g/mol. The maximum Gasteiger partial charge on any atom is 0.163 e. The standard InChI is InChI=1S/C14H17FO3/c1-10(16)13-3-2-12(15)8-14(13)18-9-11-4-6-17-7-5-11/h2-3,8,11H,4-7,9H2,1H3. The van der Waals surface area contributed by atoms with Crippen LogP contribution < -0.4 is 4.74 Å². The van der Waals surface area contributed by atoms with Crippen molar-refractivity contribution < 1.29 is 18.7 Å². The highest BCUT2D eigenvalue weighted by atomic mass is 19.1. The molecule has 0 aromatic heterocycles. The van der Waals surface area contributed by atoms with E-state index >= 15 is 0 Å². The highest BCUT2D eigenvalue weighted by Crippen LogP contribution is 2.23. The van der Waals surface area contributed by atoms with Crippen molar-refractivity contribution in [1.29, 1.82) is 0 Å². The molecule has 1 heterocycles. The Balaban J connectivity index is 2.03. The number of Topliss-reactive ketones (excluding diaryl/α,β-unsaturated/α-hetero) is 1. The molecule has 0 aliphatic carbocycles. The minimum absolute atomic E-state index is 0.114. The highest BCUT2D eigenvalue weighted by molar-refractivity contribution is 5.96. The van der Waals surface area contributed by atoms with Gasteiger partial charge in [-0.15, -0.1) is 0 Å². The van der Waals surface area contributed by atoms with Gasteiger partial charge in [0.1, 0.15) is 11.6 Å². The largest absolute Gasteiger partial charge is 0.492 e. The molecular weight excluding hydrogens is 235 g/mol. The number of ether oxygens (including phenoxy) is 2. The fourth-order valence-corrected chi connectivity index (χ4v) is 2.03. The van der Waals surface area contributed by atoms with Crippen LogP contribution in [0.4, 0.5) is 4.39 Å². The molecule has 3 nitrogen and oxygen atoms in total. The Labute approximate surface area is 106 Å². The predicted molar refractivity (Wildman–Crippen MR) is 65.4 cm³/mol. The molecule has 18 heavy (non-hydrogen) atoms. The van der Waals surface area contributed by atoms with Gasteiger partial charge >= 0.3 is 0 Å².